The molecule has 0 saturated carbocycles. The van der Waals surface area contributed by atoms with E-state index in [0.717, 1.165) is 5.41 Å². The number of aromatic nitrogens is 3. The van der Waals surface area contributed by atoms with Gasteiger partial charge in [-0.1, -0.05) is 46.8 Å². The Bertz CT molecular complexity index is 1180. The van der Waals surface area contributed by atoms with Gasteiger partial charge in [0.1, 0.15) is 17.9 Å². The molecule has 1 aromatic heterocycles. The van der Waals surface area contributed by atoms with Crippen LogP contribution in [0, 0.1) is 0 Å². The van der Waals surface area contributed by atoms with E-state index in [4.69, 9.17) is 23.5 Å². The number of Topliss-reactive ketones (excluding diaryl/α,β-unsaturated/α-hetero) is 1. The average molecular weight is 575 g/mol. The topological polar surface area (TPSA) is 145 Å². The summed E-state index contributed by atoms with van der Waals surface area (Å²) >= 11 is 0. The number of nitrogens with two attached hydrogens (primary N) is 1. The van der Waals surface area contributed by atoms with Crippen molar-refractivity contribution in [1.82, 2.24) is 15.0 Å². The van der Waals surface area contributed by atoms with Crippen molar-refractivity contribution in [2.45, 2.75) is 109 Å². The summed E-state index contributed by atoms with van der Waals surface area (Å²) in [6.07, 6.45) is -1.44. The molecule has 0 aromatic carbocycles. The van der Waals surface area contributed by atoms with Crippen LogP contribution in [-0.2, 0) is 27.9 Å². The average Bonchev–Trinajstić information content (AvgIpc) is 3.35. The van der Waals surface area contributed by atoms with Crippen molar-refractivity contribution >= 4 is 32.5 Å². The zero-order valence-corrected chi connectivity index (χ0v) is 26.6. The molecule has 14 heteroatoms. The predicted octanol–water partition coefficient (Wildman–Crippen LogP) is 3.69. The van der Waals surface area contributed by atoms with Crippen molar-refractivity contribution in [3.8, 4) is 0 Å². The van der Waals surface area contributed by atoms with Crippen LogP contribution in [-0.4, -0.2) is 70.2 Å². The van der Waals surface area contributed by atoms with E-state index in [1.807, 2.05) is 13.1 Å². The zero-order valence-electron chi connectivity index (χ0n) is 23.8. The Balaban J connectivity index is 2.16. The standard InChI is InChI=1S/C23H42N4O7SSi2/c1-15(28)16-12-27(26-25-16)20-19(33-37(10,11)22(5,6)7)23(17(24)14-35(29,30)34-23)18(32-20)13-31-36(8,9)21(2,3)4/h12,14,18-20H,13,24H2,1-11H3/t18-,19+,20-,23?/m1/s1. The molecule has 1 unspecified atom stereocenters. The van der Waals surface area contributed by atoms with Gasteiger partial charge in [0, 0.05) is 6.92 Å². The van der Waals surface area contributed by atoms with E-state index >= 15 is 0 Å². The second kappa shape index (κ2) is 9.35. The maximum atomic E-state index is 12.8. The lowest BCUT2D eigenvalue weighted by atomic mass is 9.89. The summed E-state index contributed by atoms with van der Waals surface area (Å²) in [4.78, 5) is 11.9. The lowest BCUT2D eigenvalue weighted by Crippen LogP contribution is -2.59. The van der Waals surface area contributed by atoms with Crippen LogP contribution in [0.5, 0.6) is 0 Å². The molecule has 2 aliphatic rings. The van der Waals surface area contributed by atoms with E-state index in [-0.39, 0.29) is 33.9 Å². The highest BCUT2D eigenvalue weighted by Crippen LogP contribution is 2.52. The van der Waals surface area contributed by atoms with Gasteiger partial charge >= 0.3 is 0 Å². The van der Waals surface area contributed by atoms with Gasteiger partial charge in [0.05, 0.1) is 23.9 Å². The van der Waals surface area contributed by atoms with Crippen LogP contribution >= 0.6 is 0 Å². The maximum absolute atomic E-state index is 12.8. The first-order valence-electron chi connectivity index (χ1n) is 12.4. The molecule has 1 fully saturated rings. The van der Waals surface area contributed by atoms with E-state index in [2.05, 4.69) is 64.9 Å². The van der Waals surface area contributed by atoms with E-state index in [0.29, 0.717) is 0 Å². The predicted molar refractivity (Wildman–Crippen MR) is 144 cm³/mol. The Morgan fingerprint density at radius 1 is 1.14 bits per heavy atom. The lowest BCUT2D eigenvalue weighted by molar-refractivity contribution is -0.0595. The molecule has 1 saturated heterocycles. The van der Waals surface area contributed by atoms with Crippen LogP contribution in [0.4, 0.5) is 0 Å². The summed E-state index contributed by atoms with van der Waals surface area (Å²) < 4.78 is 52.4. The monoisotopic (exact) mass is 574 g/mol. The Morgan fingerprint density at radius 2 is 1.70 bits per heavy atom. The van der Waals surface area contributed by atoms with Gasteiger partial charge in [0.25, 0.3) is 10.1 Å². The lowest BCUT2D eigenvalue weighted by Gasteiger charge is -2.43. The van der Waals surface area contributed by atoms with Gasteiger partial charge in [-0.2, -0.15) is 8.42 Å². The van der Waals surface area contributed by atoms with Crippen molar-refractivity contribution in [3.63, 3.8) is 0 Å². The highest BCUT2D eigenvalue weighted by molar-refractivity contribution is 7.90. The summed E-state index contributed by atoms with van der Waals surface area (Å²) in [5, 5.41) is 8.67. The molecule has 2 N–H and O–H groups in total. The molecule has 11 nitrogen and oxygen atoms in total. The molecule has 37 heavy (non-hydrogen) atoms. The maximum Gasteiger partial charge on any atom is 0.292 e. The van der Waals surface area contributed by atoms with E-state index in [9.17, 15) is 13.2 Å². The van der Waals surface area contributed by atoms with Gasteiger partial charge in [-0.3, -0.25) is 4.79 Å². The molecule has 1 aromatic rings. The molecule has 0 aliphatic carbocycles. The molecular weight excluding hydrogens is 533 g/mol. The molecule has 4 atom stereocenters. The van der Waals surface area contributed by atoms with Crippen LogP contribution in [0.15, 0.2) is 17.3 Å². The largest absolute Gasteiger partial charge is 0.414 e. The fourth-order valence-electron chi connectivity index (χ4n) is 3.77. The quantitative estimate of drug-likeness (QED) is 0.291. The molecule has 2 aliphatic heterocycles. The second-order valence-electron chi connectivity index (χ2n) is 13.0. The van der Waals surface area contributed by atoms with Gasteiger partial charge in [-0.15, -0.1) is 5.10 Å². The summed E-state index contributed by atoms with van der Waals surface area (Å²) in [5.41, 5.74) is 4.90. The highest BCUT2D eigenvalue weighted by Gasteiger charge is 2.67. The van der Waals surface area contributed by atoms with Crippen molar-refractivity contribution in [2.75, 3.05) is 6.61 Å². The fraction of sp³-hybridized carbons (Fsp3) is 0.783. The third kappa shape index (κ3) is 5.51. The Kier molecular flexibility index (Phi) is 7.61. The third-order valence-electron chi connectivity index (χ3n) is 8.20. The number of nitrogens with zero attached hydrogens (tertiary/aromatic N) is 3. The van der Waals surface area contributed by atoms with E-state index < -0.39 is 50.8 Å². The minimum Gasteiger partial charge on any atom is -0.414 e. The van der Waals surface area contributed by atoms with Crippen LogP contribution in [0.25, 0.3) is 0 Å². The number of carbonyl (C=O) groups excluding carboxylic acids is 1. The van der Waals surface area contributed by atoms with E-state index in [1.165, 1.54) is 17.8 Å². The van der Waals surface area contributed by atoms with Gasteiger partial charge < -0.3 is 19.3 Å². The normalized spacial score (nSPS) is 28.6. The van der Waals surface area contributed by atoms with Crippen molar-refractivity contribution in [3.05, 3.63) is 23.0 Å². The number of ether oxygens (including phenoxy) is 1. The smallest absolute Gasteiger partial charge is 0.292 e. The van der Waals surface area contributed by atoms with Crippen LogP contribution in [0.2, 0.25) is 36.3 Å². The molecule has 1 spiro atoms. The minimum absolute atomic E-state index is 0.0190. The molecule has 0 radical (unpaired) electrons. The first kappa shape index (κ1) is 30.1. The first-order valence-corrected chi connectivity index (χ1v) is 19.7. The number of hydrogen-bond donors (Lipinski definition) is 1. The minimum atomic E-state index is -4.12. The molecule has 0 bridgehead atoms. The van der Waals surface area contributed by atoms with Gasteiger partial charge in [-0.05, 0) is 36.3 Å². The summed E-state index contributed by atoms with van der Waals surface area (Å²) in [7, 11) is -8.93. The van der Waals surface area contributed by atoms with Gasteiger partial charge in [0.15, 0.2) is 34.2 Å². The number of hydrogen-bond acceptors (Lipinski definition) is 10. The Labute approximate surface area is 222 Å². The molecule has 3 rings (SSSR count). The van der Waals surface area contributed by atoms with Crippen LogP contribution in [0.1, 0.15) is 65.2 Å². The highest BCUT2D eigenvalue weighted by atomic mass is 32.2. The van der Waals surface area contributed by atoms with Crippen molar-refractivity contribution in [2.24, 2.45) is 5.73 Å². The van der Waals surface area contributed by atoms with Gasteiger partial charge in [-0.25, -0.2) is 8.86 Å². The first-order chi connectivity index (χ1) is 16.5. The third-order valence-corrected chi connectivity index (χ3v) is 18.2. The van der Waals surface area contributed by atoms with Crippen molar-refractivity contribution in [1.29, 1.82) is 0 Å². The van der Waals surface area contributed by atoms with Crippen LogP contribution < -0.4 is 5.73 Å². The Morgan fingerprint density at radius 3 is 2.14 bits per heavy atom. The summed E-state index contributed by atoms with van der Waals surface area (Å²) in [5.74, 6) is -0.266. The van der Waals surface area contributed by atoms with Crippen LogP contribution in [0.3, 0.4) is 0 Å². The van der Waals surface area contributed by atoms with E-state index in [1.54, 1.807) is 0 Å². The van der Waals surface area contributed by atoms with Gasteiger partial charge in [0.2, 0.25) is 0 Å². The fourth-order valence-corrected chi connectivity index (χ4v) is 7.27. The number of rotatable bonds is 7. The molecule has 0 amide bonds. The molecule has 210 valence electrons. The Hall–Kier alpha value is -1.43. The molecular formula is C23H42N4O7SSi2. The summed E-state index contributed by atoms with van der Waals surface area (Å²) in [6.45, 7) is 22.2. The number of carbonyl (C=O) groups is 1. The molecule has 3 heterocycles. The number of ketones is 1. The second-order valence-corrected chi connectivity index (χ2v) is 23.9. The van der Waals surface area contributed by atoms with Crippen molar-refractivity contribution < 1.29 is 31.0 Å². The summed E-state index contributed by atoms with van der Waals surface area (Å²) in [6, 6.07) is 0. The zero-order chi connectivity index (χ0) is 28.4. The SMILES string of the molecule is CC(=O)c1cn([C@@H]2O[C@H](CO[Si](C)(C)C(C)(C)C)C3(OS(=O)(=O)C=C3N)[C@H]2O[Si](C)(C)C(C)(C)C)nn1.